The molecule has 0 bridgehead atoms. The number of nitrogens with zero attached hydrogens (tertiary/aromatic N) is 1. The van der Waals surface area contributed by atoms with Crippen molar-refractivity contribution in [2.45, 2.75) is 180 Å². The van der Waals surface area contributed by atoms with Gasteiger partial charge in [-0.05, 0) is 44.9 Å². The number of rotatable bonds is 35. The van der Waals surface area contributed by atoms with Gasteiger partial charge in [-0.25, -0.2) is 0 Å². The van der Waals surface area contributed by atoms with E-state index in [9.17, 15) is 24.5 Å². The van der Waals surface area contributed by atoms with Crippen molar-refractivity contribution in [3.05, 3.63) is 24.3 Å². The van der Waals surface area contributed by atoms with Gasteiger partial charge < -0.3 is 34.0 Å². The van der Waals surface area contributed by atoms with E-state index in [-0.39, 0.29) is 13.0 Å². The Kier molecular flexibility index (Phi) is 31.0. The molecule has 290 valence electrons. The zero-order chi connectivity index (χ0) is 36.6. The van der Waals surface area contributed by atoms with Crippen molar-refractivity contribution >= 4 is 13.7 Å². The van der Waals surface area contributed by atoms with Gasteiger partial charge in [0.25, 0.3) is 7.82 Å². The van der Waals surface area contributed by atoms with Crippen molar-refractivity contribution in [2.75, 3.05) is 40.9 Å². The fraction of sp³-hybridized carbons (Fsp3) is 0.872. The van der Waals surface area contributed by atoms with Crippen LogP contribution in [0.15, 0.2) is 24.3 Å². The van der Waals surface area contributed by atoms with Crippen molar-refractivity contribution in [2.24, 2.45) is 0 Å². The number of quaternary nitrogens is 1. The number of carbonyl (C=O) groups is 1. The number of hydrogen-bond donors (Lipinski definition) is 3. The molecule has 49 heavy (non-hydrogen) atoms. The Morgan fingerprint density at radius 3 is 1.73 bits per heavy atom. The second-order valence-corrected chi connectivity index (χ2v) is 16.2. The van der Waals surface area contributed by atoms with E-state index in [1.54, 1.807) is 6.08 Å². The highest BCUT2D eigenvalue weighted by Gasteiger charge is 2.24. The van der Waals surface area contributed by atoms with E-state index in [0.29, 0.717) is 17.4 Å². The normalized spacial score (nSPS) is 15.5. The van der Waals surface area contributed by atoms with Crippen LogP contribution in [0.5, 0.6) is 0 Å². The van der Waals surface area contributed by atoms with Crippen LogP contribution in [0.3, 0.4) is 0 Å². The lowest BCUT2D eigenvalue weighted by Crippen LogP contribution is -2.46. The summed E-state index contributed by atoms with van der Waals surface area (Å²) in [7, 11) is 1.13. The maximum Gasteiger partial charge on any atom is 0.268 e. The van der Waals surface area contributed by atoms with Crippen molar-refractivity contribution in [3.63, 3.8) is 0 Å². The number of carbonyl (C=O) groups excluding carboxylic acids is 1. The minimum absolute atomic E-state index is 0.0375. The molecule has 0 aromatic rings. The third kappa shape index (κ3) is 33.8. The monoisotopic (exact) mass is 717 g/mol. The summed E-state index contributed by atoms with van der Waals surface area (Å²) in [6.07, 6.45) is 31.1. The van der Waals surface area contributed by atoms with E-state index in [1.165, 1.54) is 83.5 Å². The van der Waals surface area contributed by atoms with Gasteiger partial charge in [0.1, 0.15) is 13.2 Å². The van der Waals surface area contributed by atoms with Crippen LogP contribution in [-0.4, -0.2) is 79.8 Å². The van der Waals surface area contributed by atoms with Gasteiger partial charge in [-0.15, -0.1) is 0 Å². The van der Waals surface area contributed by atoms with Gasteiger partial charge in [0.2, 0.25) is 5.91 Å². The lowest BCUT2D eigenvalue weighted by atomic mass is 10.0. The molecule has 0 saturated carbocycles. The van der Waals surface area contributed by atoms with E-state index in [1.807, 2.05) is 27.2 Å². The van der Waals surface area contributed by atoms with Crippen LogP contribution in [0.2, 0.25) is 0 Å². The van der Waals surface area contributed by atoms with E-state index >= 15 is 0 Å². The molecular weight excluding hydrogens is 639 g/mol. The molecule has 0 heterocycles. The molecule has 0 rings (SSSR count). The summed E-state index contributed by atoms with van der Waals surface area (Å²) in [6, 6.07) is -1.01. The third-order valence-electron chi connectivity index (χ3n) is 8.71. The lowest BCUT2D eigenvalue weighted by Gasteiger charge is -2.29. The molecule has 0 spiro atoms. The highest BCUT2D eigenvalue weighted by Crippen LogP contribution is 2.38. The summed E-state index contributed by atoms with van der Waals surface area (Å²) in [6.45, 7) is 4.42. The first-order valence-corrected chi connectivity index (χ1v) is 21.2. The zero-order valence-electron chi connectivity index (χ0n) is 32.3. The van der Waals surface area contributed by atoms with Gasteiger partial charge in [0.05, 0.1) is 52.4 Å². The van der Waals surface area contributed by atoms with Crippen LogP contribution in [0.1, 0.15) is 162 Å². The molecule has 0 saturated heterocycles. The molecule has 0 aromatic heterocycles. The van der Waals surface area contributed by atoms with Crippen molar-refractivity contribution in [1.82, 2.24) is 5.32 Å². The molecule has 0 fully saturated rings. The Labute approximate surface area is 301 Å². The second kappa shape index (κ2) is 31.7. The minimum Gasteiger partial charge on any atom is -0.756 e. The molecule has 0 aliphatic heterocycles. The van der Waals surface area contributed by atoms with Gasteiger partial charge in [-0.1, -0.05) is 134 Å². The van der Waals surface area contributed by atoms with E-state index < -0.39 is 38.6 Å². The van der Waals surface area contributed by atoms with Crippen LogP contribution in [-0.2, 0) is 18.4 Å². The fourth-order valence-corrected chi connectivity index (χ4v) is 6.21. The Morgan fingerprint density at radius 1 is 0.735 bits per heavy atom. The Morgan fingerprint density at radius 2 is 1.20 bits per heavy atom. The average Bonchev–Trinajstić information content (AvgIpc) is 3.03. The first-order chi connectivity index (χ1) is 23.4. The number of allylic oxidation sites excluding steroid dienone is 3. The first-order valence-electron chi connectivity index (χ1n) is 19.8. The van der Waals surface area contributed by atoms with Crippen LogP contribution in [0.4, 0.5) is 0 Å². The van der Waals surface area contributed by atoms with E-state index in [4.69, 9.17) is 9.05 Å². The number of aliphatic hydroxyl groups is 2. The van der Waals surface area contributed by atoms with Crippen LogP contribution in [0, 0.1) is 0 Å². The van der Waals surface area contributed by atoms with Gasteiger partial charge in [-0.3, -0.25) is 9.36 Å². The van der Waals surface area contributed by atoms with Gasteiger partial charge in [0.15, 0.2) is 0 Å². The molecule has 3 N–H and O–H groups in total. The second-order valence-electron chi connectivity index (χ2n) is 14.8. The SMILES string of the molecule is CCCCCC/C=C\CCCCCC(O)CC(=O)N[C@@H](COP(=O)([O-])OCC[N+](C)(C)C)[C@H](O)/C=C/CCCCCCCCCCCCC. The lowest BCUT2D eigenvalue weighted by molar-refractivity contribution is -0.870. The predicted molar refractivity (Wildman–Crippen MR) is 202 cm³/mol. The highest BCUT2D eigenvalue weighted by molar-refractivity contribution is 7.45. The van der Waals surface area contributed by atoms with Crippen molar-refractivity contribution in [1.29, 1.82) is 0 Å². The van der Waals surface area contributed by atoms with Crippen LogP contribution >= 0.6 is 7.82 Å². The molecule has 1 amide bonds. The molecular formula is C39H77N2O7P. The Bertz CT molecular complexity index is 878. The zero-order valence-corrected chi connectivity index (χ0v) is 33.2. The number of likely N-dealkylation sites (N-methyl/N-ethyl adjacent to an activating group) is 1. The topological polar surface area (TPSA) is 128 Å². The summed E-state index contributed by atoms with van der Waals surface area (Å²) in [5.74, 6) is -0.461. The van der Waals surface area contributed by atoms with Gasteiger partial charge >= 0.3 is 0 Å². The number of hydrogen-bond acceptors (Lipinski definition) is 7. The maximum absolute atomic E-state index is 12.8. The highest BCUT2D eigenvalue weighted by atomic mass is 31.2. The molecule has 0 radical (unpaired) electrons. The van der Waals surface area contributed by atoms with Gasteiger partial charge in [0, 0.05) is 0 Å². The quantitative estimate of drug-likeness (QED) is 0.0260. The summed E-state index contributed by atoms with van der Waals surface area (Å²) in [5.41, 5.74) is 0. The molecule has 0 aromatic carbocycles. The molecule has 4 atom stereocenters. The molecule has 2 unspecified atom stereocenters. The maximum atomic E-state index is 12.8. The van der Waals surface area contributed by atoms with Crippen molar-refractivity contribution < 1.29 is 38.0 Å². The predicted octanol–water partition coefficient (Wildman–Crippen LogP) is 8.53. The minimum atomic E-state index is -4.64. The summed E-state index contributed by atoms with van der Waals surface area (Å²) >= 11 is 0. The number of aliphatic hydroxyl groups excluding tert-OH is 2. The molecule has 9 nitrogen and oxygen atoms in total. The standard InChI is InChI=1S/C39H77N2O7P/c1-6-8-10-12-14-16-18-19-21-23-25-27-29-31-38(43)37(35-48-49(45,46)47-33-32-41(3,4)5)40-39(44)34-36(42)30-28-26-24-22-20-17-15-13-11-9-7-2/h17,20,29,31,36-38,42-43H,6-16,18-19,21-28,30,32-35H2,1-5H3,(H-,40,44,45,46)/b20-17-,31-29+/t36?,37-,38+/m0/s1. The molecule has 10 heteroatoms. The van der Waals surface area contributed by atoms with Gasteiger partial charge in [-0.2, -0.15) is 0 Å². The summed E-state index contributed by atoms with van der Waals surface area (Å²) in [4.78, 5) is 25.2. The fourth-order valence-electron chi connectivity index (χ4n) is 5.48. The molecule has 0 aliphatic rings. The Balaban J connectivity index is 4.68. The average molecular weight is 717 g/mol. The van der Waals surface area contributed by atoms with Crippen LogP contribution < -0.4 is 10.2 Å². The number of phosphoric ester groups is 1. The largest absolute Gasteiger partial charge is 0.756 e. The van der Waals surface area contributed by atoms with E-state index in [2.05, 4.69) is 31.3 Å². The third-order valence-corrected chi connectivity index (χ3v) is 9.67. The smallest absolute Gasteiger partial charge is 0.268 e. The number of nitrogens with one attached hydrogen (secondary N) is 1. The number of unbranched alkanes of at least 4 members (excludes halogenated alkanes) is 18. The van der Waals surface area contributed by atoms with Crippen molar-refractivity contribution in [3.8, 4) is 0 Å². The van der Waals surface area contributed by atoms with E-state index in [0.717, 1.165) is 51.4 Å². The number of phosphoric acid groups is 1. The first kappa shape index (κ1) is 47.9. The Hall–Kier alpha value is -1.06. The summed E-state index contributed by atoms with van der Waals surface area (Å²) in [5, 5.41) is 24.0. The number of amides is 1. The van der Waals surface area contributed by atoms with Crippen LogP contribution in [0.25, 0.3) is 0 Å². The molecule has 0 aliphatic carbocycles. The summed E-state index contributed by atoms with van der Waals surface area (Å²) < 4.78 is 23.0.